The Morgan fingerprint density at radius 1 is 1.22 bits per heavy atom. The number of benzene rings is 1. The molecule has 5 rings (SSSR count). The number of ether oxygens (including phenoxy) is 1. The molecule has 2 fully saturated rings. The Bertz CT molecular complexity index is 1130. The number of carbonyl (C=O) groups is 1. The molecule has 3 heterocycles. The standard InChI is InChI=1S/C26H33ClN6O2S.ClH/c1-16-17(2)36-26(30-16)19-5-9-21(10-6-19)33-14-23(12-28-25(34)24-13-29-32-31-24)35-15-22(33)11-18-3-7-20(27)8-4-18;/h3-4,7-8,13,19,21-23H,5-6,9-12,14-15H2,1-2H3,(H,28,34)(H,29,31,32);1H/t19?,21?,22-,23-;/m0./s1. The summed E-state index contributed by atoms with van der Waals surface area (Å²) in [6.07, 6.45) is 6.91. The number of halogens is 2. The molecule has 0 unspecified atom stereocenters. The number of rotatable bonds is 7. The van der Waals surface area contributed by atoms with Crippen molar-refractivity contribution >= 4 is 41.3 Å². The number of nitrogens with one attached hydrogen (secondary N) is 2. The molecule has 1 aliphatic heterocycles. The Balaban J connectivity index is 0.00000320. The van der Waals surface area contributed by atoms with Gasteiger partial charge < -0.3 is 10.1 Å². The third-order valence-electron chi connectivity index (χ3n) is 7.50. The van der Waals surface area contributed by atoms with Crippen LogP contribution >= 0.6 is 35.3 Å². The van der Waals surface area contributed by atoms with Gasteiger partial charge >= 0.3 is 0 Å². The molecule has 2 N–H and O–H groups in total. The highest BCUT2D eigenvalue weighted by atomic mass is 35.5. The van der Waals surface area contributed by atoms with Crippen LogP contribution in [0.25, 0.3) is 0 Å². The molecule has 1 aliphatic carbocycles. The first-order valence-electron chi connectivity index (χ1n) is 12.7. The van der Waals surface area contributed by atoms with Gasteiger partial charge in [0.25, 0.3) is 5.91 Å². The van der Waals surface area contributed by atoms with E-state index in [-0.39, 0.29) is 24.4 Å². The highest BCUT2D eigenvalue weighted by Crippen LogP contribution is 2.38. The number of carbonyl (C=O) groups excluding carboxylic acids is 1. The number of aryl methyl sites for hydroxylation is 2. The van der Waals surface area contributed by atoms with Gasteiger partial charge in [-0.3, -0.25) is 14.8 Å². The maximum absolute atomic E-state index is 12.4. The van der Waals surface area contributed by atoms with E-state index in [9.17, 15) is 4.79 Å². The number of amides is 1. The Morgan fingerprint density at radius 2 is 1.97 bits per heavy atom. The van der Waals surface area contributed by atoms with Crippen molar-refractivity contribution in [2.75, 3.05) is 19.7 Å². The summed E-state index contributed by atoms with van der Waals surface area (Å²) in [5, 5.41) is 14.9. The van der Waals surface area contributed by atoms with Crippen LogP contribution in [0, 0.1) is 13.8 Å². The number of hydrogen-bond acceptors (Lipinski definition) is 7. The van der Waals surface area contributed by atoms with Crippen molar-refractivity contribution in [2.45, 2.75) is 70.1 Å². The van der Waals surface area contributed by atoms with Crippen molar-refractivity contribution in [2.24, 2.45) is 0 Å². The lowest BCUT2D eigenvalue weighted by Gasteiger charge is -2.46. The van der Waals surface area contributed by atoms with Crippen molar-refractivity contribution in [3.8, 4) is 0 Å². The number of nitrogens with zero attached hydrogens (tertiary/aromatic N) is 4. The van der Waals surface area contributed by atoms with Gasteiger partial charge in [0.15, 0.2) is 0 Å². The summed E-state index contributed by atoms with van der Waals surface area (Å²) >= 11 is 7.98. The van der Waals surface area contributed by atoms with Gasteiger partial charge in [-0.2, -0.15) is 0 Å². The molecule has 0 radical (unpaired) electrons. The third kappa shape index (κ3) is 6.89. The second-order valence-electron chi connectivity index (χ2n) is 9.92. The molecule has 2 aromatic heterocycles. The average Bonchev–Trinajstić information content (AvgIpc) is 3.55. The van der Waals surface area contributed by atoms with Gasteiger partial charge in [-0.15, -0.1) is 28.8 Å². The number of thiazole rings is 1. The predicted molar refractivity (Wildman–Crippen MR) is 148 cm³/mol. The van der Waals surface area contributed by atoms with Gasteiger partial charge in [0.2, 0.25) is 0 Å². The molecule has 1 saturated carbocycles. The molecule has 3 aromatic rings. The van der Waals surface area contributed by atoms with E-state index >= 15 is 0 Å². The molecule has 8 nitrogen and oxygen atoms in total. The van der Waals surface area contributed by atoms with Gasteiger partial charge in [-0.05, 0) is 63.6 Å². The summed E-state index contributed by atoms with van der Waals surface area (Å²) < 4.78 is 6.25. The first-order chi connectivity index (χ1) is 17.5. The molecule has 1 aromatic carbocycles. The van der Waals surface area contributed by atoms with Gasteiger partial charge in [0.05, 0.1) is 29.6 Å². The van der Waals surface area contributed by atoms with Crippen LogP contribution < -0.4 is 5.32 Å². The second-order valence-corrected chi connectivity index (χ2v) is 11.6. The first-order valence-corrected chi connectivity index (χ1v) is 13.9. The normalized spacial score (nSPS) is 24.4. The number of H-pyrrole nitrogens is 1. The van der Waals surface area contributed by atoms with E-state index < -0.39 is 0 Å². The van der Waals surface area contributed by atoms with Crippen LogP contribution in [0.2, 0.25) is 5.02 Å². The molecule has 11 heteroatoms. The molecular formula is C26H34Cl2N6O2S. The molecule has 1 saturated heterocycles. The molecular weight excluding hydrogens is 531 g/mol. The van der Waals surface area contributed by atoms with Crippen LogP contribution in [0.3, 0.4) is 0 Å². The Hall–Kier alpha value is -2.04. The fourth-order valence-electron chi connectivity index (χ4n) is 5.36. The Labute approximate surface area is 232 Å². The highest BCUT2D eigenvalue weighted by Gasteiger charge is 2.36. The topological polar surface area (TPSA) is 96.0 Å². The lowest BCUT2D eigenvalue weighted by atomic mass is 9.84. The summed E-state index contributed by atoms with van der Waals surface area (Å²) in [6.45, 7) is 6.16. The number of morpholine rings is 1. The van der Waals surface area contributed by atoms with Gasteiger partial charge in [-0.1, -0.05) is 28.9 Å². The van der Waals surface area contributed by atoms with E-state index in [1.54, 1.807) is 0 Å². The van der Waals surface area contributed by atoms with Crippen LogP contribution in [0.5, 0.6) is 0 Å². The minimum absolute atomic E-state index is 0. The molecule has 1 amide bonds. The zero-order valence-electron chi connectivity index (χ0n) is 21.2. The van der Waals surface area contributed by atoms with Crippen molar-refractivity contribution in [1.82, 2.24) is 30.6 Å². The second kappa shape index (κ2) is 12.7. The van der Waals surface area contributed by atoms with Crippen molar-refractivity contribution in [3.63, 3.8) is 0 Å². The van der Waals surface area contributed by atoms with Gasteiger partial charge in [0.1, 0.15) is 5.69 Å². The van der Waals surface area contributed by atoms with E-state index in [1.807, 2.05) is 23.5 Å². The lowest BCUT2D eigenvalue weighted by molar-refractivity contribution is -0.0822. The number of aromatic nitrogens is 4. The van der Waals surface area contributed by atoms with E-state index in [2.05, 4.69) is 51.6 Å². The third-order valence-corrected chi connectivity index (χ3v) is 8.99. The zero-order chi connectivity index (χ0) is 25.1. The maximum atomic E-state index is 12.4. The van der Waals surface area contributed by atoms with Crippen LogP contribution in [-0.4, -0.2) is 69.1 Å². The van der Waals surface area contributed by atoms with E-state index in [1.165, 1.54) is 27.3 Å². The largest absolute Gasteiger partial charge is 0.373 e. The predicted octanol–water partition coefficient (Wildman–Crippen LogP) is 4.72. The fraction of sp³-hybridized carbons (Fsp3) is 0.538. The molecule has 37 heavy (non-hydrogen) atoms. The fourth-order valence-corrected chi connectivity index (χ4v) is 6.57. The van der Waals surface area contributed by atoms with E-state index in [0.29, 0.717) is 36.8 Å². The van der Waals surface area contributed by atoms with Crippen LogP contribution in [0.1, 0.15) is 63.2 Å². The van der Waals surface area contributed by atoms with Crippen molar-refractivity contribution < 1.29 is 9.53 Å². The summed E-state index contributed by atoms with van der Waals surface area (Å²) in [7, 11) is 0. The zero-order valence-corrected chi connectivity index (χ0v) is 23.5. The van der Waals surface area contributed by atoms with Crippen molar-refractivity contribution in [3.05, 3.63) is 62.3 Å². The Kier molecular flexibility index (Phi) is 9.58. The maximum Gasteiger partial charge on any atom is 0.271 e. The minimum Gasteiger partial charge on any atom is -0.373 e. The minimum atomic E-state index is -0.215. The molecule has 0 spiro atoms. The van der Waals surface area contributed by atoms with Gasteiger partial charge in [0, 0.05) is 41.0 Å². The molecule has 2 atom stereocenters. The van der Waals surface area contributed by atoms with Crippen LogP contribution in [0.4, 0.5) is 0 Å². The summed E-state index contributed by atoms with van der Waals surface area (Å²) in [4.78, 5) is 21.2. The monoisotopic (exact) mass is 564 g/mol. The van der Waals surface area contributed by atoms with Gasteiger partial charge in [-0.25, -0.2) is 4.98 Å². The van der Waals surface area contributed by atoms with E-state index in [0.717, 1.165) is 43.7 Å². The van der Waals surface area contributed by atoms with Crippen molar-refractivity contribution in [1.29, 1.82) is 0 Å². The smallest absolute Gasteiger partial charge is 0.271 e. The first kappa shape index (κ1) is 28.0. The highest BCUT2D eigenvalue weighted by molar-refractivity contribution is 7.11. The molecule has 2 aliphatic rings. The SMILES string of the molecule is Cc1nc(C2CCC(N3C[C@H](CNC(=O)c4cnn[nH]4)OC[C@@H]3Cc3ccc(Cl)cc3)CC2)sc1C.Cl. The molecule has 0 bridgehead atoms. The van der Waals surface area contributed by atoms with E-state index in [4.69, 9.17) is 21.3 Å². The number of aromatic amines is 1. The summed E-state index contributed by atoms with van der Waals surface area (Å²) in [5.74, 6) is 0.348. The van der Waals surface area contributed by atoms with Crippen LogP contribution in [-0.2, 0) is 11.2 Å². The lowest BCUT2D eigenvalue weighted by Crippen LogP contribution is -2.57. The summed E-state index contributed by atoms with van der Waals surface area (Å²) in [5.41, 5.74) is 2.79. The van der Waals surface area contributed by atoms with Crippen LogP contribution in [0.15, 0.2) is 30.5 Å². The summed E-state index contributed by atoms with van der Waals surface area (Å²) in [6, 6.07) is 8.92. The number of hydrogen-bond donors (Lipinski definition) is 2. The Morgan fingerprint density at radius 3 is 2.62 bits per heavy atom. The quantitative estimate of drug-likeness (QED) is 0.431. The molecule has 200 valence electrons. The average molecular weight is 566 g/mol.